The molecule has 112 valence electrons. The van der Waals surface area contributed by atoms with Gasteiger partial charge in [-0.1, -0.05) is 0 Å². The van der Waals surface area contributed by atoms with Gasteiger partial charge < -0.3 is 19.9 Å². The molecule has 1 aromatic rings. The van der Waals surface area contributed by atoms with Crippen LogP contribution in [0.4, 0.5) is 0 Å². The molecule has 0 radical (unpaired) electrons. The standard InChI is InChI=1S/C14H24N4O2/c1-13(2)8-18(9-14(3,4)20-13)12(19)11-7-17(6-5-15)10-16-11/h7,10H,5-6,8-9,15H2,1-4H3. The second-order valence-corrected chi connectivity index (χ2v) is 6.57. The monoisotopic (exact) mass is 280 g/mol. The largest absolute Gasteiger partial charge is 0.366 e. The van der Waals surface area contributed by atoms with E-state index in [1.165, 1.54) is 0 Å². The van der Waals surface area contributed by atoms with Crippen molar-refractivity contribution in [3.63, 3.8) is 0 Å². The van der Waals surface area contributed by atoms with Gasteiger partial charge in [-0.25, -0.2) is 4.98 Å². The first-order valence-corrected chi connectivity index (χ1v) is 6.94. The van der Waals surface area contributed by atoms with Gasteiger partial charge in [0.2, 0.25) is 0 Å². The van der Waals surface area contributed by atoms with Crippen molar-refractivity contribution in [1.29, 1.82) is 0 Å². The van der Waals surface area contributed by atoms with Gasteiger partial charge in [0.15, 0.2) is 0 Å². The van der Waals surface area contributed by atoms with Crippen molar-refractivity contribution in [2.24, 2.45) is 5.73 Å². The van der Waals surface area contributed by atoms with Crippen LogP contribution >= 0.6 is 0 Å². The van der Waals surface area contributed by atoms with Crippen LogP contribution in [-0.4, -0.2) is 51.2 Å². The number of aromatic nitrogens is 2. The molecule has 20 heavy (non-hydrogen) atoms. The van der Waals surface area contributed by atoms with Crippen LogP contribution in [0.2, 0.25) is 0 Å². The van der Waals surface area contributed by atoms with Crippen molar-refractivity contribution in [3.8, 4) is 0 Å². The van der Waals surface area contributed by atoms with Crippen LogP contribution in [-0.2, 0) is 11.3 Å². The minimum absolute atomic E-state index is 0.0507. The van der Waals surface area contributed by atoms with Crippen molar-refractivity contribution >= 4 is 5.91 Å². The first-order chi connectivity index (χ1) is 9.22. The van der Waals surface area contributed by atoms with Gasteiger partial charge in [-0.05, 0) is 27.7 Å². The number of hydrogen-bond donors (Lipinski definition) is 1. The SMILES string of the molecule is CC1(C)CN(C(=O)c2cn(CCN)cn2)CC(C)(C)O1. The Morgan fingerprint density at radius 3 is 2.50 bits per heavy atom. The predicted molar refractivity (Wildman–Crippen MR) is 76.4 cm³/mol. The maximum absolute atomic E-state index is 12.6. The molecule has 1 amide bonds. The number of amides is 1. The lowest BCUT2D eigenvalue weighted by atomic mass is 9.98. The number of carbonyl (C=O) groups is 1. The van der Waals surface area contributed by atoms with Crippen molar-refractivity contribution < 1.29 is 9.53 Å². The number of nitrogens with zero attached hydrogens (tertiary/aromatic N) is 3. The second-order valence-electron chi connectivity index (χ2n) is 6.57. The topological polar surface area (TPSA) is 73.4 Å². The van der Waals surface area contributed by atoms with E-state index in [0.29, 0.717) is 31.9 Å². The Labute approximate surface area is 119 Å². The Morgan fingerprint density at radius 1 is 1.35 bits per heavy atom. The lowest BCUT2D eigenvalue weighted by Gasteiger charge is -2.46. The third kappa shape index (κ3) is 3.37. The van der Waals surface area contributed by atoms with Crippen LogP contribution < -0.4 is 5.73 Å². The summed E-state index contributed by atoms with van der Waals surface area (Å²) in [6.07, 6.45) is 3.40. The van der Waals surface area contributed by atoms with Crippen LogP contribution in [0.5, 0.6) is 0 Å². The lowest BCUT2D eigenvalue weighted by molar-refractivity contribution is -0.171. The number of hydrogen-bond acceptors (Lipinski definition) is 4. The summed E-state index contributed by atoms with van der Waals surface area (Å²) in [4.78, 5) is 18.6. The average Bonchev–Trinajstić information content (AvgIpc) is 2.73. The maximum Gasteiger partial charge on any atom is 0.274 e. The van der Waals surface area contributed by atoms with E-state index in [4.69, 9.17) is 10.5 Å². The van der Waals surface area contributed by atoms with E-state index in [1.807, 2.05) is 37.2 Å². The molecule has 1 aromatic heterocycles. The zero-order chi connectivity index (χ0) is 15.0. The zero-order valence-corrected chi connectivity index (χ0v) is 12.7. The highest BCUT2D eigenvalue weighted by molar-refractivity contribution is 5.92. The van der Waals surface area contributed by atoms with Gasteiger partial charge in [0.25, 0.3) is 5.91 Å². The van der Waals surface area contributed by atoms with Crippen molar-refractivity contribution in [3.05, 3.63) is 18.2 Å². The van der Waals surface area contributed by atoms with Gasteiger partial charge in [0, 0.05) is 32.4 Å². The van der Waals surface area contributed by atoms with Crippen LogP contribution in [0, 0.1) is 0 Å². The third-order valence-electron chi connectivity index (χ3n) is 3.22. The molecule has 0 spiro atoms. The average molecular weight is 280 g/mol. The molecule has 2 rings (SSSR count). The van der Waals surface area contributed by atoms with Gasteiger partial charge in [0.05, 0.1) is 17.5 Å². The summed E-state index contributed by atoms with van der Waals surface area (Å²) in [5.41, 5.74) is 5.26. The molecule has 6 nitrogen and oxygen atoms in total. The zero-order valence-electron chi connectivity index (χ0n) is 12.7. The fraction of sp³-hybridized carbons (Fsp3) is 0.714. The maximum atomic E-state index is 12.6. The van der Waals surface area contributed by atoms with E-state index >= 15 is 0 Å². The summed E-state index contributed by atoms with van der Waals surface area (Å²) in [6, 6.07) is 0. The summed E-state index contributed by atoms with van der Waals surface area (Å²) >= 11 is 0. The van der Waals surface area contributed by atoms with Crippen LogP contribution in [0.3, 0.4) is 0 Å². The van der Waals surface area contributed by atoms with E-state index < -0.39 is 0 Å². The summed E-state index contributed by atoms with van der Waals surface area (Å²) in [6.45, 7) is 10.3. The highest BCUT2D eigenvalue weighted by Crippen LogP contribution is 2.28. The number of nitrogens with two attached hydrogens (primary N) is 1. The number of rotatable bonds is 3. The minimum atomic E-state index is -0.350. The first kappa shape index (κ1) is 15.0. The molecule has 1 aliphatic rings. The first-order valence-electron chi connectivity index (χ1n) is 6.94. The highest BCUT2D eigenvalue weighted by Gasteiger charge is 2.40. The minimum Gasteiger partial charge on any atom is -0.366 e. The van der Waals surface area contributed by atoms with Gasteiger partial charge in [0.1, 0.15) is 5.69 Å². The summed E-state index contributed by atoms with van der Waals surface area (Å²) in [7, 11) is 0. The summed E-state index contributed by atoms with van der Waals surface area (Å²) in [5.74, 6) is -0.0507. The predicted octanol–water partition coefficient (Wildman–Crippen LogP) is 0.871. The van der Waals surface area contributed by atoms with E-state index in [9.17, 15) is 4.79 Å². The van der Waals surface area contributed by atoms with Crippen LogP contribution in [0.1, 0.15) is 38.2 Å². The van der Waals surface area contributed by atoms with E-state index in [1.54, 1.807) is 12.5 Å². The molecule has 2 heterocycles. The molecule has 6 heteroatoms. The van der Waals surface area contributed by atoms with Crippen molar-refractivity contribution in [1.82, 2.24) is 14.5 Å². The Bertz CT molecular complexity index is 477. The highest BCUT2D eigenvalue weighted by atomic mass is 16.5. The van der Waals surface area contributed by atoms with Gasteiger partial charge in [-0.15, -0.1) is 0 Å². The number of ether oxygens (including phenoxy) is 1. The molecular formula is C14H24N4O2. The number of carbonyl (C=O) groups excluding carboxylic acids is 1. The molecule has 2 N–H and O–H groups in total. The fourth-order valence-corrected chi connectivity index (χ4v) is 2.84. The molecule has 1 fully saturated rings. The Morgan fingerprint density at radius 2 is 1.95 bits per heavy atom. The molecule has 0 aromatic carbocycles. The normalized spacial score (nSPS) is 20.9. The molecule has 1 saturated heterocycles. The molecular weight excluding hydrogens is 256 g/mol. The van der Waals surface area contributed by atoms with Gasteiger partial charge in [-0.3, -0.25) is 4.79 Å². The van der Waals surface area contributed by atoms with Crippen molar-refractivity contribution in [2.75, 3.05) is 19.6 Å². The number of morpholine rings is 1. The summed E-state index contributed by atoms with van der Waals surface area (Å²) < 4.78 is 7.82. The van der Waals surface area contributed by atoms with E-state index in [0.717, 1.165) is 0 Å². The number of imidazole rings is 1. The molecule has 1 aliphatic heterocycles. The second kappa shape index (κ2) is 5.18. The molecule has 0 atom stereocenters. The third-order valence-corrected chi connectivity index (χ3v) is 3.22. The van der Waals surface area contributed by atoms with E-state index in [2.05, 4.69) is 4.98 Å². The molecule has 0 bridgehead atoms. The van der Waals surface area contributed by atoms with Crippen LogP contribution in [0.15, 0.2) is 12.5 Å². The lowest BCUT2D eigenvalue weighted by Crippen LogP contribution is -2.58. The Balaban J connectivity index is 2.15. The molecule has 0 saturated carbocycles. The van der Waals surface area contributed by atoms with Gasteiger partial charge in [-0.2, -0.15) is 0 Å². The van der Waals surface area contributed by atoms with Gasteiger partial charge >= 0.3 is 0 Å². The van der Waals surface area contributed by atoms with E-state index in [-0.39, 0.29) is 17.1 Å². The summed E-state index contributed by atoms with van der Waals surface area (Å²) in [5, 5.41) is 0. The molecule has 0 aliphatic carbocycles. The molecule has 0 unspecified atom stereocenters. The smallest absolute Gasteiger partial charge is 0.274 e. The quantitative estimate of drug-likeness (QED) is 0.891. The van der Waals surface area contributed by atoms with Crippen LogP contribution in [0.25, 0.3) is 0 Å². The fourth-order valence-electron chi connectivity index (χ4n) is 2.84. The Kier molecular flexibility index (Phi) is 3.88. The van der Waals surface area contributed by atoms with Crippen molar-refractivity contribution in [2.45, 2.75) is 45.4 Å². The Hall–Kier alpha value is -1.40.